The highest BCUT2D eigenvalue weighted by molar-refractivity contribution is 5.95. The van der Waals surface area contributed by atoms with Gasteiger partial charge in [-0.25, -0.2) is 9.37 Å². The molecule has 0 aliphatic carbocycles. The van der Waals surface area contributed by atoms with Gasteiger partial charge in [0.05, 0.1) is 24.5 Å². The van der Waals surface area contributed by atoms with Crippen LogP contribution >= 0.6 is 0 Å². The van der Waals surface area contributed by atoms with Gasteiger partial charge in [0.15, 0.2) is 5.82 Å². The van der Waals surface area contributed by atoms with Crippen molar-refractivity contribution in [2.24, 2.45) is 0 Å². The average molecular weight is 497 g/mol. The van der Waals surface area contributed by atoms with Crippen LogP contribution in [0.25, 0.3) is 33.3 Å². The Kier molecular flexibility index (Phi) is 6.61. The quantitative estimate of drug-likeness (QED) is 0.314. The van der Waals surface area contributed by atoms with Crippen molar-refractivity contribution in [1.29, 1.82) is 0 Å². The summed E-state index contributed by atoms with van der Waals surface area (Å²) in [5.74, 6) is -0.736. The van der Waals surface area contributed by atoms with Crippen molar-refractivity contribution >= 4 is 22.6 Å². The molecule has 2 aromatic carbocycles. The monoisotopic (exact) mass is 496 g/mol. The number of likely N-dealkylation sites (N-methyl/N-ethyl adjacent to an activating group) is 1. The van der Waals surface area contributed by atoms with E-state index in [9.17, 15) is 14.0 Å². The number of fused-ring (bicyclic) bond motifs is 1. The Balaban J connectivity index is 1.57. The predicted molar refractivity (Wildman–Crippen MR) is 142 cm³/mol. The highest BCUT2D eigenvalue weighted by atomic mass is 19.1. The highest BCUT2D eigenvalue weighted by Gasteiger charge is 2.18. The Morgan fingerprint density at radius 2 is 1.89 bits per heavy atom. The summed E-state index contributed by atoms with van der Waals surface area (Å²) in [7, 11) is 1.66. The van der Waals surface area contributed by atoms with Gasteiger partial charge in [-0.3, -0.25) is 19.1 Å². The molecule has 3 heterocycles. The van der Waals surface area contributed by atoms with E-state index in [-0.39, 0.29) is 24.1 Å². The number of benzene rings is 2. The average Bonchev–Trinajstić information content (AvgIpc) is 3.34. The number of pyridine rings is 1. The molecule has 3 aromatic heterocycles. The van der Waals surface area contributed by atoms with Crippen LogP contribution in [0.2, 0.25) is 0 Å². The zero-order valence-corrected chi connectivity index (χ0v) is 20.3. The molecule has 0 fully saturated rings. The van der Waals surface area contributed by atoms with Gasteiger partial charge in [-0.15, -0.1) is 0 Å². The molecule has 5 aromatic rings. The maximum atomic E-state index is 13.9. The first-order valence-corrected chi connectivity index (χ1v) is 11.8. The van der Waals surface area contributed by atoms with Crippen molar-refractivity contribution in [3.05, 3.63) is 101 Å². The Bertz CT molecular complexity index is 1640. The van der Waals surface area contributed by atoms with Crippen LogP contribution in [-0.4, -0.2) is 38.5 Å². The van der Waals surface area contributed by atoms with Crippen LogP contribution in [0.5, 0.6) is 0 Å². The molecule has 186 valence electrons. The van der Waals surface area contributed by atoms with Crippen LogP contribution in [0.4, 0.5) is 10.2 Å². The van der Waals surface area contributed by atoms with Gasteiger partial charge in [-0.1, -0.05) is 30.3 Å². The molecule has 0 aliphatic heterocycles. The van der Waals surface area contributed by atoms with E-state index in [4.69, 9.17) is 0 Å². The van der Waals surface area contributed by atoms with Gasteiger partial charge in [0.2, 0.25) is 5.91 Å². The molecule has 3 N–H and O–H groups in total. The molecule has 0 aliphatic rings. The summed E-state index contributed by atoms with van der Waals surface area (Å²) in [4.78, 5) is 37.8. The molecule has 0 spiro atoms. The van der Waals surface area contributed by atoms with Gasteiger partial charge >= 0.3 is 0 Å². The molecule has 8 nitrogen and oxygen atoms in total. The van der Waals surface area contributed by atoms with Crippen molar-refractivity contribution in [2.75, 3.05) is 12.4 Å². The molecule has 0 saturated carbocycles. The molecule has 0 saturated heterocycles. The normalized spacial score (nSPS) is 12.0. The molecular weight excluding hydrogens is 471 g/mol. The minimum atomic E-state index is -0.495. The first-order valence-electron chi connectivity index (χ1n) is 11.8. The maximum absolute atomic E-state index is 13.9. The van der Waals surface area contributed by atoms with Crippen molar-refractivity contribution in [1.82, 2.24) is 24.8 Å². The number of nitrogens with one attached hydrogen (secondary N) is 3. The maximum Gasteiger partial charge on any atom is 0.294 e. The molecule has 5 rings (SSSR count). The summed E-state index contributed by atoms with van der Waals surface area (Å²) in [6.45, 7) is 1.88. The van der Waals surface area contributed by atoms with E-state index in [1.165, 1.54) is 12.1 Å². The van der Waals surface area contributed by atoms with Gasteiger partial charge in [0, 0.05) is 40.6 Å². The number of carbonyl (C=O) groups is 1. The lowest BCUT2D eigenvalue weighted by molar-refractivity contribution is -0.117. The first-order chi connectivity index (χ1) is 17.9. The van der Waals surface area contributed by atoms with Gasteiger partial charge in [0.1, 0.15) is 5.82 Å². The van der Waals surface area contributed by atoms with Crippen molar-refractivity contribution in [2.45, 2.75) is 19.5 Å². The fourth-order valence-corrected chi connectivity index (χ4v) is 4.16. The second-order valence-corrected chi connectivity index (χ2v) is 8.72. The van der Waals surface area contributed by atoms with Crippen LogP contribution in [0.15, 0.2) is 84.2 Å². The molecule has 0 radical (unpaired) electrons. The lowest BCUT2D eigenvalue weighted by Crippen LogP contribution is -2.38. The Morgan fingerprint density at radius 3 is 2.68 bits per heavy atom. The highest BCUT2D eigenvalue weighted by Crippen LogP contribution is 2.29. The van der Waals surface area contributed by atoms with E-state index < -0.39 is 11.6 Å². The zero-order valence-electron chi connectivity index (χ0n) is 20.3. The molecule has 0 bridgehead atoms. The largest absolute Gasteiger partial charge is 0.361 e. The summed E-state index contributed by atoms with van der Waals surface area (Å²) < 4.78 is 15.5. The lowest BCUT2D eigenvalue weighted by atomic mass is 10.0. The van der Waals surface area contributed by atoms with Crippen molar-refractivity contribution < 1.29 is 9.18 Å². The van der Waals surface area contributed by atoms with E-state index in [1.807, 2.05) is 42.6 Å². The van der Waals surface area contributed by atoms with Crippen LogP contribution in [0.1, 0.15) is 12.5 Å². The molecule has 1 atom stereocenters. The summed E-state index contributed by atoms with van der Waals surface area (Å²) in [6.07, 6.45) is 6.78. The molecule has 9 heteroatoms. The number of hydrogen-bond acceptors (Lipinski definition) is 5. The number of aromatic amines is 1. The Labute approximate surface area is 212 Å². The summed E-state index contributed by atoms with van der Waals surface area (Å²) in [5, 5.41) is 6.22. The predicted octanol–water partition coefficient (Wildman–Crippen LogP) is 4.19. The standard InChI is InChI=1S/C28H25FN6O2/c1-17(30-2)27(36)34-26-28(37)35(25(15-33-26)19-6-4-3-5-7-19)16-18-10-20(13-31-12-18)23-14-32-24-9-8-21(29)11-22(23)24/h3-15,17,30,32H,16H2,1-2H3,(H,33,34,36)/t17-/m0/s1. The minimum Gasteiger partial charge on any atom is -0.361 e. The van der Waals surface area contributed by atoms with Gasteiger partial charge < -0.3 is 15.6 Å². The van der Waals surface area contributed by atoms with Gasteiger partial charge in [-0.05, 0) is 49.4 Å². The number of carbonyl (C=O) groups excluding carboxylic acids is 1. The third kappa shape index (κ3) is 4.89. The third-order valence-corrected chi connectivity index (χ3v) is 6.28. The molecule has 0 unspecified atom stereocenters. The Morgan fingerprint density at radius 1 is 1.08 bits per heavy atom. The van der Waals surface area contributed by atoms with Crippen LogP contribution < -0.4 is 16.2 Å². The van der Waals surface area contributed by atoms with Gasteiger partial charge in [0.25, 0.3) is 5.56 Å². The second kappa shape index (κ2) is 10.2. The third-order valence-electron chi connectivity index (χ3n) is 6.28. The van der Waals surface area contributed by atoms with E-state index in [0.29, 0.717) is 5.69 Å². The molecule has 37 heavy (non-hydrogen) atoms. The fraction of sp³-hybridized carbons (Fsp3) is 0.143. The number of aromatic nitrogens is 4. The van der Waals surface area contributed by atoms with E-state index in [2.05, 4.69) is 25.6 Å². The number of rotatable bonds is 7. The van der Waals surface area contributed by atoms with Gasteiger partial charge in [-0.2, -0.15) is 0 Å². The lowest BCUT2D eigenvalue weighted by Gasteiger charge is -2.16. The van der Waals surface area contributed by atoms with E-state index >= 15 is 0 Å². The SMILES string of the molecule is CN[C@@H](C)C(=O)Nc1ncc(-c2ccccc2)n(Cc2cncc(-c3c[nH]c4ccc(F)cc34)c2)c1=O. The number of halogens is 1. The number of nitrogens with zero attached hydrogens (tertiary/aromatic N) is 3. The van der Waals surface area contributed by atoms with Crippen LogP contribution in [0.3, 0.4) is 0 Å². The van der Waals surface area contributed by atoms with E-state index in [0.717, 1.165) is 33.2 Å². The number of H-pyrrole nitrogens is 1. The summed E-state index contributed by atoms with van der Waals surface area (Å²) in [5.41, 5.74) is 4.15. The second-order valence-electron chi connectivity index (χ2n) is 8.72. The number of hydrogen-bond donors (Lipinski definition) is 3. The van der Waals surface area contributed by atoms with Crippen molar-refractivity contribution in [3.63, 3.8) is 0 Å². The molecule has 1 amide bonds. The topological polar surface area (TPSA) is 105 Å². The minimum absolute atomic E-state index is 0.0528. The smallest absolute Gasteiger partial charge is 0.294 e. The van der Waals surface area contributed by atoms with E-state index in [1.54, 1.807) is 43.2 Å². The number of anilines is 1. The van der Waals surface area contributed by atoms with Crippen LogP contribution in [0, 0.1) is 5.82 Å². The number of amides is 1. The fourth-order valence-electron chi connectivity index (χ4n) is 4.16. The first kappa shape index (κ1) is 24.1. The van der Waals surface area contributed by atoms with Crippen molar-refractivity contribution in [3.8, 4) is 22.4 Å². The summed E-state index contributed by atoms with van der Waals surface area (Å²) >= 11 is 0. The zero-order chi connectivity index (χ0) is 25.9. The van der Waals surface area contributed by atoms with Crippen LogP contribution in [-0.2, 0) is 11.3 Å². The molecular formula is C28H25FN6O2. The summed E-state index contributed by atoms with van der Waals surface area (Å²) in [6, 6.07) is 15.5. The Hall–Kier alpha value is -4.63.